The number of aryl methyl sites for hydroxylation is 1. The van der Waals surface area contributed by atoms with Crippen LogP contribution in [0.2, 0.25) is 0 Å². The summed E-state index contributed by atoms with van der Waals surface area (Å²) >= 11 is 1.67. The van der Waals surface area contributed by atoms with Gasteiger partial charge in [-0.25, -0.2) is 4.98 Å². The molecule has 0 saturated carbocycles. The molecule has 24 heavy (non-hydrogen) atoms. The number of benzene rings is 1. The molecule has 0 saturated heterocycles. The van der Waals surface area contributed by atoms with Gasteiger partial charge in [0.25, 0.3) is 0 Å². The van der Waals surface area contributed by atoms with Crippen molar-refractivity contribution in [3.8, 4) is 0 Å². The van der Waals surface area contributed by atoms with Crippen LogP contribution in [0.1, 0.15) is 27.8 Å². The molecule has 2 aromatic rings. The Bertz CT molecular complexity index is 755. The van der Waals surface area contributed by atoms with Crippen molar-refractivity contribution in [2.24, 2.45) is 4.99 Å². The Morgan fingerprint density at radius 1 is 1.42 bits per heavy atom. The smallest absolute Gasteiger partial charge is 0.225 e. The van der Waals surface area contributed by atoms with Crippen molar-refractivity contribution >= 4 is 28.9 Å². The lowest BCUT2D eigenvalue weighted by molar-refractivity contribution is -0.116. The summed E-state index contributed by atoms with van der Waals surface area (Å²) in [7, 11) is 1.74. The minimum atomic E-state index is 0.0571. The minimum absolute atomic E-state index is 0.0571. The predicted octanol–water partition coefficient (Wildman–Crippen LogP) is 2.24. The van der Waals surface area contributed by atoms with Crippen molar-refractivity contribution in [2.75, 3.05) is 18.9 Å². The molecular formula is C17H21N5OS. The molecule has 0 bridgehead atoms. The number of nitrogens with one attached hydrogen (secondary N) is 3. The number of thiazole rings is 1. The van der Waals surface area contributed by atoms with Crippen LogP contribution in [0.3, 0.4) is 0 Å². The second-order valence-electron chi connectivity index (χ2n) is 5.71. The van der Waals surface area contributed by atoms with Crippen LogP contribution in [0.25, 0.3) is 0 Å². The molecular weight excluding hydrogens is 322 g/mol. The number of amides is 1. The first-order valence-corrected chi connectivity index (χ1v) is 8.72. The van der Waals surface area contributed by atoms with Crippen molar-refractivity contribution in [2.45, 2.75) is 25.8 Å². The summed E-state index contributed by atoms with van der Waals surface area (Å²) in [6.45, 7) is 3.33. The lowest BCUT2D eigenvalue weighted by atomic mass is 9.90. The number of carbonyl (C=O) groups excluding carboxylic acids is 1. The van der Waals surface area contributed by atoms with Gasteiger partial charge in [-0.1, -0.05) is 18.2 Å². The summed E-state index contributed by atoms with van der Waals surface area (Å²) in [6, 6.07) is 7.94. The third-order valence-corrected chi connectivity index (χ3v) is 4.83. The first kappa shape index (κ1) is 16.4. The van der Waals surface area contributed by atoms with E-state index in [0.717, 1.165) is 16.3 Å². The lowest BCUT2D eigenvalue weighted by Crippen LogP contribution is -2.40. The predicted molar refractivity (Wildman–Crippen MR) is 97.5 cm³/mol. The van der Waals surface area contributed by atoms with Gasteiger partial charge in [0.1, 0.15) is 5.01 Å². The number of nitrogens with zero attached hydrogens (tertiary/aromatic N) is 2. The van der Waals surface area contributed by atoms with Crippen molar-refractivity contribution in [3.05, 3.63) is 45.9 Å². The van der Waals surface area contributed by atoms with Crippen LogP contribution in [0.5, 0.6) is 0 Å². The third kappa shape index (κ3) is 3.91. The molecule has 1 aliphatic heterocycles. The summed E-state index contributed by atoms with van der Waals surface area (Å²) in [5.41, 5.74) is 2.07. The first-order valence-electron chi connectivity index (χ1n) is 7.90. The standard InChI is InChI=1S/C17H21N5OS/c1-11-8-19-16(24-11)10-21-17(18-2)20-9-12-7-15(23)22-14-6-4-3-5-13(12)14/h3-6,8,12H,7,9-10H2,1-2H3,(H,22,23)(H2,18,20,21). The minimum Gasteiger partial charge on any atom is -0.356 e. The molecule has 1 aromatic heterocycles. The van der Waals surface area contributed by atoms with Gasteiger partial charge in [0.05, 0.1) is 6.54 Å². The van der Waals surface area contributed by atoms with Crippen LogP contribution >= 0.6 is 11.3 Å². The highest BCUT2D eigenvalue weighted by Crippen LogP contribution is 2.31. The van der Waals surface area contributed by atoms with E-state index in [1.165, 1.54) is 4.88 Å². The Hall–Kier alpha value is -2.41. The Labute approximate surface area is 145 Å². The van der Waals surface area contributed by atoms with Gasteiger partial charge in [0, 0.05) is 42.7 Å². The zero-order valence-corrected chi connectivity index (χ0v) is 14.6. The number of aliphatic imine (C=N–C) groups is 1. The number of carbonyl (C=O) groups is 1. The van der Waals surface area contributed by atoms with E-state index in [9.17, 15) is 4.79 Å². The summed E-state index contributed by atoms with van der Waals surface area (Å²) in [4.78, 5) is 21.6. The van der Waals surface area contributed by atoms with Gasteiger partial charge < -0.3 is 16.0 Å². The zero-order chi connectivity index (χ0) is 16.9. The second kappa shape index (κ2) is 7.44. The van der Waals surface area contributed by atoms with Crippen LogP contribution < -0.4 is 16.0 Å². The van der Waals surface area contributed by atoms with Gasteiger partial charge in [0.2, 0.25) is 5.91 Å². The third-order valence-electron chi connectivity index (χ3n) is 3.92. The van der Waals surface area contributed by atoms with Gasteiger partial charge in [-0.15, -0.1) is 11.3 Å². The molecule has 0 fully saturated rings. The molecule has 3 N–H and O–H groups in total. The van der Waals surface area contributed by atoms with Gasteiger partial charge >= 0.3 is 0 Å². The molecule has 1 amide bonds. The number of aromatic nitrogens is 1. The second-order valence-corrected chi connectivity index (χ2v) is 7.03. The lowest BCUT2D eigenvalue weighted by Gasteiger charge is -2.26. The van der Waals surface area contributed by atoms with Crippen molar-refractivity contribution in [1.29, 1.82) is 0 Å². The number of hydrogen-bond acceptors (Lipinski definition) is 4. The Morgan fingerprint density at radius 3 is 3.00 bits per heavy atom. The van der Waals surface area contributed by atoms with E-state index in [0.29, 0.717) is 25.5 Å². The summed E-state index contributed by atoms with van der Waals surface area (Å²) in [5, 5.41) is 10.5. The van der Waals surface area contributed by atoms with E-state index in [1.54, 1.807) is 18.4 Å². The molecule has 1 aliphatic rings. The number of guanidine groups is 1. The molecule has 1 unspecified atom stereocenters. The van der Waals surface area contributed by atoms with E-state index in [4.69, 9.17) is 0 Å². The highest BCUT2D eigenvalue weighted by atomic mass is 32.1. The van der Waals surface area contributed by atoms with Gasteiger partial charge in [-0.05, 0) is 18.6 Å². The Morgan fingerprint density at radius 2 is 2.25 bits per heavy atom. The molecule has 1 atom stereocenters. The summed E-state index contributed by atoms with van der Waals surface area (Å²) < 4.78 is 0. The van der Waals surface area contributed by atoms with Crippen LogP contribution in [0.15, 0.2) is 35.5 Å². The fourth-order valence-electron chi connectivity index (χ4n) is 2.77. The molecule has 0 radical (unpaired) electrons. The molecule has 2 heterocycles. The van der Waals surface area contributed by atoms with Gasteiger partial charge in [-0.3, -0.25) is 9.79 Å². The van der Waals surface area contributed by atoms with E-state index >= 15 is 0 Å². The fourth-order valence-corrected chi connectivity index (χ4v) is 3.49. The van der Waals surface area contributed by atoms with E-state index in [1.807, 2.05) is 31.3 Å². The SMILES string of the molecule is CN=C(NCc1ncc(C)s1)NCC1CC(=O)Nc2ccccc21. The van der Waals surface area contributed by atoms with Crippen LogP contribution in [-0.4, -0.2) is 30.4 Å². The van der Waals surface area contributed by atoms with E-state index in [2.05, 4.69) is 32.0 Å². The highest BCUT2D eigenvalue weighted by molar-refractivity contribution is 7.11. The topological polar surface area (TPSA) is 78.4 Å². The van der Waals surface area contributed by atoms with Crippen LogP contribution in [0.4, 0.5) is 5.69 Å². The van der Waals surface area contributed by atoms with Gasteiger partial charge in [-0.2, -0.15) is 0 Å². The van der Waals surface area contributed by atoms with Crippen LogP contribution in [-0.2, 0) is 11.3 Å². The fraction of sp³-hybridized carbons (Fsp3) is 0.353. The maximum atomic E-state index is 11.9. The number of fused-ring (bicyclic) bond motifs is 1. The number of anilines is 1. The zero-order valence-electron chi connectivity index (χ0n) is 13.8. The molecule has 6 nitrogen and oxygen atoms in total. The Balaban J connectivity index is 1.59. The first-order chi connectivity index (χ1) is 11.7. The summed E-state index contributed by atoms with van der Waals surface area (Å²) in [6.07, 6.45) is 2.35. The molecule has 0 aliphatic carbocycles. The average molecular weight is 343 g/mol. The monoisotopic (exact) mass is 343 g/mol. The van der Waals surface area contributed by atoms with Crippen molar-refractivity contribution in [3.63, 3.8) is 0 Å². The molecule has 7 heteroatoms. The van der Waals surface area contributed by atoms with Crippen molar-refractivity contribution in [1.82, 2.24) is 15.6 Å². The number of rotatable bonds is 4. The molecule has 0 spiro atoms. The van der Waals surface area contributed by atoms with Crippen molar-refractivity contribution < 1.29 is 4.79 Å². The van der Waals surface area contributed by atoms with E-state index in [-0.39, 0.29) is 11.8 Å². The van der Waals surface area contributed by atoms with E-state index < -0.39 is 0 Å². The van der Waals surface area contributed by atoms with Gasteiger partial charge in [0.15, 0.2) is 5.96 Å². The maximum Gasteiger partial charge on any atom is 0.225 e. The van der Waals surface area contributed by atoms with Crippen LogP contribution in [0, 0.1) is 6.92 Å². The molecule has 126 valence electrons. The number of para-hydroxylation sites is 1. The maximum absolute atomic E-state index is 11.9. The average Bonchev–Trinajstić information content (AvgIpc) is 3.00. The largest absolute Gasteiger partial charge is 0.356 e. The summed E-state index contributed by atoms with van der Waals surface area (Å²) in [5.74, 6) is 0.906. The molecule has 3 rings (SSSR count). The number of hydrogen-bond donors (Lipinski definition) is 3. The normalized spacial score (nSPS) is 17.2. The molecule has 1 aromatic carbocycles. The quantitative estimate of drug-likeness (QED) is 0.588. The Kier molecular flexibility index (Phi) is 5.10. The highest BCUT2D eigenvalue weighted by Gasteiger charge is 2.24.